The Bertz CT molecular complexity index is 584. The van der Waals surface area contributed by atoms with E-state index >= 15 is 0 Å². The van der Waals surface area contributed by atoms with E-state index in [9.17, 15) is 0 Å². The smallest absolute Gasteiger partial charge is 0.0521 e. The Hall–Kier alpha value is -1.13. The molecule has 0 radical (unpaired) electrons. The zero-order valence-electron chi connectivity index (χ0n) is 13.2. The van der Waals surface area contributed by atoms with E-state index in [4.69, 9.17) is 0 Å². The molecule has 0 aliphatic heterocycles. The van der Waals surface area contributed by atoms with Gasteiger partial charge in [-0.2, -0.15) is 5.10 Å². The minimum absolute atomic E-state index is 0.119. The second kappa shape index (κ2) is 6.75. The van der Waals surface area contributed by atoms with Gasteiger partial charge in [-0.1, -0.05) is 34.1 Å². The summed E-state index contributed by atoms with van der Waals surface area (Å²) < 4.78 is 3.04. The summed E-state index contributed by atoms with van der Waals surface area (Å²) in [6.07, 6.45) is 5.04. The number of halogens is 1. The summed E-state index contributed by atoms with van der Waals surface area (Å²) in [5, 5.41) is 7.91. The largest absolute Gasteiger partial charge is 0.311 e. The molecule has 0 saturated heterocycles. The topological polar surface area (TPSA) is 29.9 Å². The van der Waals surface area contributed by atoms with Gasteiger partial charge >= 0.3 is 0 Å². The molecular formula is C17H24BrN3. The van der Waals surface area contributed by atoms with Gasteiger partial charge in [-0.15, -0.1) is 0 Å². The van der Waals surface area contributed by atoms with Crippen molar-refractivity contribution in [3.8, 4) is 0 Å². The molecule has 1 aromatic heterocycles. The summed E-state index contributed by atoms with van der Waals surface area (Å²) in [5.41, 5.74) is 2.74. The van der Waals surface area contributed by atoms with Crippen molar-refractivity contribution in [1.82, 2.24) is 15.1 Å². The lowest BCUT2D eigenvalue weighted by atomic mass is 9.92. The molecule has 0 fully saturated rings. The molecule has 2 rings (SSSR count). The zero-order chi connectivity index (χ0) is 15.5. The Labute approximate surface area is 135 Å². The zero-order valence-corrected chi connectivity index (χ0v) is 14.8. The Morgan fingerprint density at radius 3 is 2.57 bits per heavy atom. The fraction of sp³-hybridized carbons (Fsp3) is 0.471. The van der Waals surface area contributed by atoms with Gasteiger partial charge in [0, 0.05) is 35.7 Å². The third kappa shape index (κ3) is 4.97. The first kappa shape index (κ1) is 16.2. The van der Waals surface area contributed by atoms with Crippen LogP contribution in [0, 0.1) is 0 Å². The second-order valence-corrected chi connectivity index (χ2v) is 7.43. The predicted octanol–water partition coefficient (Wildman–Crippen LogP) is 3.90. The SMILES string of the molecule is Cn1cc(CC(CNC(C)(C)C)c2ccccc2Br)cn1. The monoisotopic (exact) mass is 349 g/mol. The molecular weight excluding hydrogens is 326 g/mol. The number of hydrogen-bond donors (Lipinski definition) is 1. The van der Waals surface area contributed by atoms with E-state index in [1.807, 2.05) is 17.9 Å². The average Bonchev–Trinajstić information content (AvgIpc) is 2.80. The van der Waals surface area contributed by atoms with Gasteiger partial charge in [0.1, 0.15) is 0 Å². The number of rotatable bonds is 5. The van der Waals surface area contributed by atoms with Crippen molar-refractivity contribution in [3.05, 3.63) is 52.3 Å². The first-order valence-electron chi connectivity index (χ1n) is 7.32. The van der Waals surface area contributed by atoms with Crippen LogP contribution >= 0.6 is 15.9 Å². The van der Waals surface area contributed by atoms with E-state index < -0.39 is 0 Å². The summed E-state index contributed by atoms with van der Waals surface area (Å²) in [6.45, 7) is 7.55. The van der Waals surface area contributed by atoms with Crippen LogP contribution in [0.1, 0.15) is 37.8 Å². The van der Waals surface area contributed by atoms with Crippen LogP contribution in [-0.4, -0.2) is 21.9 Å². The molecule has 4 heteroatoms. The number of aryl methyl sites for hydroxylation is 1. The van der Waals surface area contributed by atoms with Crippen LogP contribution in [0.15, 0.2) is 41.1 Å². The molecule has 1 aromatic carbocycles. The minimum atomic E-state index is 0.119. The number of nitrogens with one attached hydrogen (secondary N) is 1. The summed E-state index contributed by atoms with van der Waals surface area (Å²) in [4.78, 5) is 0. The third-order valence-corrected chi connectivity index (χ3v) is 4.19. The quantitative estimate of drug-likeness (QED) is 0.886. The van der Waals surface area contributed by atoms with Gasteiger partial charge in [0.05, 0.1) is 6.20 Å². The van der Waals surface area contributed by atoms with Crippen LogP contribution in [0.4, 0.5) is 0 Å². The first-order chi connectivity index (χ1) is 9.85. The molecule has 0 aliphatic carbocycles. The van der Waals surface area contributed by atoms with Crippen LogP contribution < -0.4 is 5.32 Å². The lowest BCUT2D eigenvalue weighted by Gasteiger charge is -2.26. The van der Waals surface area contributed by atoms with Crippen molar-refractivity contribution in [2.24, 2.45) is 7.05 Å². The molecule has 0 saturated carbocycles. The van der Waals surface area contributed by atoms with Crippen LogP contribution in [0.2, 0.25) is 0 Å². The highest BCUT2D eigenvalue weighted by Crippen LogP contribution is 2.27. The van der Waals surface area contributed by atoms with Crippen molar-refractivity contribution < 1.29 is 0 Å². The predicted molar refractivity (Wildman–Crippen MR) is 91.6 cm³/mol. The van der Waals surface area contributed by atoms with Gasteiger partial charge in [0.15, 0.2) is 0 Å². The summed E-state index contributed by atoms with van der Waals surface area (Å²) >= 11 is 3.69. The van der Waals surface area contributed by atoms with E-state index in [0.29, 0.717) is 5.92 Å². The van der Waals surface area contributed by atoms with Crippen LogP contribution in [0.5, 0.6) is 0 Å². The maximum Gasteiger partial charge on any atom is 0.0521 e. The highest BCUT2D eigenvalue weighted by atomic mass is 79.9. The van der Waals surface area contributed by atoms with Crippen molar-refractivity contribution in [3.63, 3.8) is 0 Å². The maximum atomic E-state index is 4.28. The fourth-order valence-electron chi connectivity index (χ4n) is 2.39. The maximum absolute atomic E-state index is 4.28. The van der Waals surface area contributed by atoms with E-state index in [-0.39, 0.29) is 5.54 Å². The molecule has 2 aromatic rings. The summed E-state index contributed by atoms with van der Waals surface area (Å²) in [6, 6.07) is 8.48. The van der Waals surface area contributed by atoms with Crippen molar-refractivity contribution in [2.75, 3.05) is 6.54 Å². The molecule has 0 amide bonds. The molecule has 114 valence electrons. The van der Waals surface area contributed by atoms with Gasteiger partial charge in [0.2, 0.25) is 0 Å². The van der Waals surface area contributed by atoms with Gasteiger partial charge in [0.25, 0.3) is 0 Å². The Morgan fingerprint density at radius 2 is 2.00 bits per heavy atom. The molecule has 1 heterocycles. The molecule has 1 unspecified atom stereocenters. The van der Waals surface area contributed by atoms with E-state index in [1.54, 1.807) is 0 Å². The Morgan fingerprint density at radius 1 is 1.29 bits per heavy atom. The van der Waals surface area contributed by atoms with Crippen LogP contribution in [-0.2, 0) is 13.5 Å². The van der Waals surface area contributed by atoms with Crippen LogP contribution in [0.25, 0.3) is 0 Å². The minimum Gasteiger partial charge on any atom is -0.311 e. The van der Waals surface area contributed by atoms with Gasteiger partial charge < -0.3 is 5.32 Å². The lowest BCUT2D eigenvalue weighted by molar-refractivity contribution is 0.404. The molecule has 21 heavy (non-hydrogen) atoms. The van der Waals surface area contributed by atoms with Crippen molar-refractivity contribution in [1.29, 1.82) is 0 Å². The second-order valence-electron chi connectivity index (χ2n) is 6.58. The van der Waals surface area contributed by atoms with Crippen molar-refractivity contribution >= 4 is 15.9 Å². The molecule has 0 bridgehead atoms. The van der Waals surface area contributed by atoms with E-state index in [2.05, 4.69) is 77.6 Å². The molecule has 1 atom stereocenters. The standard InChI is InChI=1S/C17H24BrN3/c1-17(2,3)19-11-14(9-13-10-20-21(4)12-13)15-7-5-6-8-16(15)18/h5-8,10,12,14,19H,9,11H2,1-4H3. The van der Waals surface area contributed by atoms with Gasteiger partial charge in [-0.05, 0) is 44.4 Å². The number of benzene rings is 1. The summed E-state index contributed by atoms with van der Waals surface area (Å²) in [7, 11) is 1.96. The average molecular weight is 350 g/mol. The van der Waals surface area contributed by atoms with Crippen molar-refractivity contribution in [2.45, 2.75) is 38.6 Å². The highest BCUT2D eigenvalue weighted by molar-refractivity contribution is 9.10. The van der Waals surface area contributed by atoms with E-state index in [0.717, 1.165) is 13.0 Å². The Kier molecular flexibility index (Phi) is 5.22. The van der Waals surface area contributed by atoms with Gasteiger partial charge in [-0.25, -0.2) is 0 Å². The summed E-state index contributed by atoms with van der Waals surface area (Å²) in [5.74, 6) is 0.420. The number of hydrogen-bond acceptors (Lipinski definition) is 2. The van der Waals surface area contributed by atoms with Gasteiger partial charge in [-0.3, -0.25) is 4.68 Å². The third-order valence-electron chi connectivity index (χ3n) is 3.46. The normalized spacial score (nSPS) is 13.4. The number of nitrogens with zero attached hydrogens (tertiary/aromatic N) is 2. The lowest BCUT2D eigenvalue weighted by Crippen LogP contribution is -2.39. The fourth-order valence-corrected chi connectivity index (χ4v) is 3.00. The van der Waals surface area contributed by atoms with E-state index in [1.165, 1.54) is 15.6 Å². The molecule has 1 N–H and O–H groups in total. The molecule has 0 aliphatic rings. The first-order valence-corrected chi connectivity index (χ1v) is 8.11. The molecule has 3 nitrogen and oxygen atoms in total. The Balaban J connectivity index is 2.19. The molecule has 0 spiro atoms. The van der Waals surface area contributed by atoms with Crippen LogP contribution in [0.3, 0.4) is 0 Å². The number of aromatic nitrogens is 2. The highest BCUT2D eigenvalue weighted by Gasteiger charge is 2.18.